The number of hydrogen-bond acceptors (Lipinski definition) is 5. The zero-order chi connectivity index (χ0) is 21.8. The summed E-state index contributed by atoms with van der Waals surface area (Å²) >= 11 is 0. The molecule has 1 aromatic carbocycles. The summed E-state index contributed by atoms with van der Waals surface area (Å²) in [5.41, 5.74) is 3.43. The minimum atomic E-state index is -0.629. The maximum Gasteiger partial charge on any atom is 0.329 e. The van der Waals surface area contributed by atoms with E-state index in [0.29, 0.717) is 17.7 Å². The molecule has 0 spiro atoms. The Morgan fingerprint density at radius 2 is 1.77 bits per heavy atom. The quantitative estimate of drug-likeness (QED) is 0.305. The van der Waals surface area contributed by atoms with Gasteiger partial charge in [-0.15, -0.1) is 0 Å². The van der Waals surface area contributed by atoms with Crippen molar-refractivity contribution in [1.82, 2.24) is 13.7 Å². The van der Waals surface area contributed by atoms with Crippen LogP contribution in [0.15, 0.2) is 35.1 Å². The van der Waals surface area contributed by atoms with Crippen LogP contribution in [0.2, 0.25) is 0 Å². The molecule has 0 saturated carbocycles. The molecule has 0 aliphatic carbocycles. The molecule has 0 saturated heterocycles. The van der Waals surface area contributed by atoms with Crippen molar-refractivity contribution in [3.8, 4) is 0 Å². The van der Waals surface area contributed by atoms with Gasteiger partial charge in [-0.3, -0.25) is 18.7 Å². The summed E-state index contributed by atoms with van der Waals surface area (Å²) < 4.78 is 15.2. The van der Waals surface area contributed by atoms with E-state index < -0.39 is 5.97 Å². The van der Waals surface area contributed by atoms with Gasteiger partial charge in [-0.25, -0.2) is 4.79 Å². The van der Waals surface area contributed by atoms with E-state index in [2.05, 4.69) is 4.57 Å². The van der Waals surface area contributed by atoms with Crippen LogP contribution in [0.1, 0.15) is 28.2 Å². The number of ketones is 1. The number of aromatic nitrogens is 3. The first-order valence-electron chi connectivity index (χ1n) is 9.84. The lowest BCUT2D eigenvalue weighted by molar-refractivity contribution is -0.143. The summed E-state index contributed by atoms with van der Waals surface area (Å²) in [7, 11) is 3.31. The number of methoxy groups -OCH3 is 1. The fourth-order valence-electron chi connectivity index (χ4n) is 3.71. The Morgan fingerprint density at radius 1 is 1.07 bits per heavy atom. The number of carbonyl (C=O) groups excluding carboxylic acids is 2. The van der Waals surface area contributed by atoms with Crippen molar-refractivity contribution in [3.63, 3.8) is 0 Å². The topological polar surface area (TPSA) is 84.5 Å². The Kier molecular flexibility index (Phi) is 6.56. The summed E-state index contributed by atoms with van der Waals surface area (Å²) in [6.07, 6.45) is 0.843. The summed E-state index contributed by atoms with van der Waals surface area (Å²) in [6, 6.07) is 9.02. The van der Waals surface area contributed by atoms with Crippen molar-refractivity contribution in [1.29, 1.82) is 0 Å². The number of fused-ring (bicyclic) bond motifs is 1. The normalized spacial score (nSPS) is 11.2. The number of para-hydroxylation sites is 2. The molecule has 0 N–H and O–H groups in total. The maximum atomic E-state index is 12.6. The van der Waals surface area contributed by atoms with E-state index in [1.54, 1.807) is 26.3 Å². The predicted molar refractivity (Wildman–Crippen MR) is 113 cm³/mol. The lowest BCUT2D eigenvalue weighted by Gasteiger charge is -2.09. The highest BCUT2D eigenvalue weighted by Gasteiger charge is 2.19. The van der Waals surface area contributed by atoms with E-state index in [4.69, 9.17) is 9.47 Å². The number of carbonyl (C=O) groups is 2. The SMILES string of the molecule is COCCCn1c(C)cc(C(=O)COC(=O)Cn2c(=O)n(C)c3ccccc32)c1C. The molecular weight excluding hydrogens is 386 g/mol. The van der Waals surface area contributed by atoms with Gasteiger partial charge in [0.1, 0.15) is 6.54 Å². The second-order valence-electron chi connectivity index (χ2n) is 7.28. The third kappa shape index (κ3) is 4.23. The number of benzene rings is 1. The third-order valence-electron chi connectivity index (χ3n) is 5.31. The molecule has 3 rings (SSSR count). The first-order valence-corrected chi connectivity index (χ1v) is 9.84. The second-order valence-corrected chi connectivity index (χ2v) is 7.28. The lowest BCUT2D eigenvalue weighted by atomic mass is 10.1. The first kappa shape index (κ1) is 21.6. The van der Waals surface area contributed by atoms with Gasteiger partial charge in [-0.2, -0.15) is 0 Å². The van der Waals surface area contributed by atoms with Gasteiger partial charge in [0.2, 0.25) is 5.78 Å². The molecule has 2 heterocycles. The van der Waals surface area contributed by atoms with E-state index in [9.17, 15) is 14.4 Å². The lowest BCUT2D eigenvalue weighted by Crippen LogP contribution is -2.27. The van der Waals surface area contributed by atoms with Gasteiger partial charge in [0.05, 0.1) is 11.0 Å². The molecular formula is C22H27N3O5. The van der Waals surface area contributed by atoms with Gasteiger partial charge >= 0.3 is 11.7 Å². The maximum absolute atomic E-state index is 12.6. The molecule has 0 fully saturated rings. The van der Waals surface area contributed by atoms with E-state index in [-0.39, 0.29) is 24.6 Å². The summed E-state index contributed by atoms with van der Waals surface area (Å²) in [5, 5.41) is 0. The molecule has 160 valence electrons. The van der Waals surface area contributed by atoms with Crippen LogP contribution in [0, 0.1) is 13.8 Å². The Morgan fingerprint density at radius 3 is 2.47 bits per heavy atom. The van der Waals surface area contributed by atoms with Gasteiger partial charge in [-0.1, -0.05) is 12.1 Å². The van der Waals surface area contributed by atoms with Crippen molar-refractivity contribution >= 4 is 22.8 Å². The van der Waals surface area contributed by atoms with Crippen molar-refractivity contribution in [2.24, 2.45) is 7.05 Å². The minimum absolute atomic E-state index is 0.247. The number of esters is 1. The van der Waals surface area contributed by atoms with Crippen LogP contribution in [0.4, 0.5) is 0 Å². The molecule has 3 aromatic rings. The van der Waals surface area contributed by atoms with E-state index in [1.807, 2.05) is 32.0 Å². The summed E-state index contributed by atoms with van der Waals surface area (Å²) in [6.45, 7) is 4.61. The Bertz CT molecular complexity index is 1140. The standard InChI is InChI=1S/C22H27N3O5/c1-15-12-17(16(2)24(15)10-7-11-29-4)20(26)14-30-21(27)13-25-19-9-6-5-8-18(19)23(3)22(25)28/h5-6,8-9,12H,7,10-11,13-14H2,1-4H3. The first-order chi connectivity index (χ1) is 14.3. The molecule has 0 radical (unpaired) electrons. The number of imidazole rings is 1. The van der Waals surface area contributed by atoms with Crippen LogP contribution >= 0.6 is 0 Å². The van der Waals surface area contributed by atoms with Crippen molar-refractivity contribution in [2.75, 3.05) is 20.3 Å². The fourth-order valence-corrected chi connectivity index (χ4v) is 3.71. The van der Waals surface area contributed by atoms with Crippen LogP contribution in [0.25, 0.3) is 11.0 Å². The third-order valence-corrected chi connectivity index (χ3v) is 5.31. The summed E-state index contributed by atoms with van der Waals surface area (Å²) in [4.78, 5) is 37.4. The second kappa shape index (κ2) is 9.13. The Balaban J connectivity index is 1.66. The number of hydrogen-bond donors (Lipinski definition) is 0. The largest absolute Gasteiger partial charge is 0.456 e. The highest BCUT2D eigenvalue weighted by Crippen LogP contribution is 2.17. The highest BCUT2D eigenvalue weighted by atomic mass is 16.5. The Hall–Kier alpha value is -3.13. The monoisotopic (exact) mass is 413 g/mol. The average Bonchev–Trinajstić information content (AvgIpc) is 3.15. The van der Waals surface area contributed by atoms with Crippen molar-refractivity contribution in [2.45, 2.75) is 33.4 Å². The van der Waals surface area contributed by atoms with E-state index in [1.165, 1.54) is 9.13 Å². The van der Waals surface area contributed by atoms with Crippen LogP contribution in [-0.2, 0) is 34.4 Å². The number of aryl methyl sites for hydroxylation is 2. The zero-order valence-electron chi connectivity index (χ0n) is 17.8. The number of Topliss-reactive ketones (excluding diaryl/α,β-unsaturated/α-hetero) is 1. The van der Waals surface area contributed by atoms with Crippen molar-refractivity contribution < 1.29 is 19.1 Å². The molecule has 0 aliphatic rings. The zero-order valence-corrected chi connectivity index (χ0v) is 17.8. The fraction of sp³-hybridized carbons (Fsp3) is 0.409. The number of rotatable bonds is 9. The Labute approximate surface area is 174 Å². The molecule has 2 aromatic heterocycles. The van der Waals surface area contributed by atoms with Gasteiger partial charge in [-0.05, 0) is 38.5 Å². The molecule has 0 aliphatic heterocycles. The van der Waals surface area contributed by atoms with Gasteiger partial charge in [0, 0.05) is 44.3 Å². The smallest absolute Gasteiger partial charge is 0.329 e. The summed E-state index contributed by atoms with van der Waals surface area (Å²) in [5.74, 6) is -0.893. The molecule has 8 heteroatoms. The highest BCUT2D eigenvalue weighted by molar-refractivity contribution is 5.99. The number of ether oxygens (including phenoxy) is 2. The molecule has 8 nitrogen and oxygen atoms in total. The van der Waals surface area contributed by atoms with Gasteiger partial charge in [0.15, 0.2) is 6.61 Å². The van der Waals surface area contributed by atoms with Crippen LogP contribution in [-0.4, -0.2) is 45.8 Å². The van der Waals surface area contributed by atoms with Crippen molar-refractivity contribution in [3.05, 3.63) is 57.8 Å². The van der Waals surface area contributed by atoms with E-state index >= 15 is 0 Å². The minimum Gasteiger partial charge on any atom is -0.456 e. The average molecular weight is 413 g/mol. The van der Waals surface area contributed by atoms with Gasteiger partial charge in [0.25, 0.3) is 0 Å². The predicted octanol–water partition coefficient (Wildman–Crippen LogP) is 2.22. The van der Waals surface area contributed by atoms with E-state index in [0.717, 1.165) is 29.9 Å². The molecule has 0 amide bonds. The van der Waals surface area contributed by atoms with Crippen LogP contribution in [0.5, 0.6) is 0 Å². The van der Waals surface area contributed by atoms with Crippen LogP contribution < -0.4 is 5.69 Å². The van der Waals surface area contributed by atoms with Gasteiger partial charge < -0.3 is 14.0 Å². The van der Waals surface area contributed by atoms with Crippen LogP contribution in [0.3, 0.4) is 0 Å². The molecule has 0 atom stereocenters. The number of nitrogens with zero attached hydrogens (tertiary/aromatic N) is 3. The molecule has 0 unspecified atom stereocenters. The molecule has 30 heavy (non-hydrogen) atoms. The molecule has 0 bridgehead atoms.